The summed E-state index contributed by atoms with van der Waals surface area (Å²) in [5.41, 5.74) is 4.41. The second-order valence-corrected chi connectivity index (χ2v) is 14.7. The molecule has 3 aromatic carbocycles. The van der Waals surface area contributed by atoms with E-state index in [1.54, 1.807) is 11.0 Å². The van der Waals surface area contributed by atoms with Crippen molar-refractivity contribution in [1.82, 2.24) is 10.2 Å². The molecule has 1 saturated carbocycles. The predicted molar refractivity (Wildman–Crippen MR) is 181 cm³/mol. The maximum Gasteiger partial charge on any atom is 0.243 e. The summed E-state index contributed by atoms with van der Waals surface area (Å²) in [5.74, 6) is -0.318. The van der Waals surface area contributed by atoms with E-state index in [9.17, 15) is 18.0 Å². The van der Waals surface area contributed by atoms with Gasteiger partial charge in [0.1, 0.15) is 6.04 Å². The SMILES string of the molecule is Cc1cccc(N(CCCC(=O)N(Cc2ccc(Br)cc2)[C@H](Cc2ccccc2)C(=O)NC2CCCCC2)S(C)(=O)=O)c1C. The number of amides is 2. The molecule has 0 radical (unpaired) electrons. The molecule has 0 saturated heterocycles. The van der Waals surface area contributed by atoms with Gasteiger partial charge < -0.3 is 10.2 Å². The van der Waals surface area contributed by atoms with Gasteiger partial charge in [0.25, 0.3) is 0 Å². The Morgan fingerprint density at radius 2 is 1.59 bits per heavy atom. The minimum atomic E-state index is -3.58. The third-order valence-electron chi connectivity index (χ3n) is 8.49. The van der Waals surface area contributed by atoms with E-state index < -0.39 is 16.1 Å². The monoisotopic (exact) mass is 681 g/mol. The van der Waals surface area contributed by atoms with E-state index in [0.717, 1.165) is 52.4 Å². The maximum absolute atomic E-state index is 14.1. The van der Waals surface area contributed by atoms with Crippen LogP contribution in [0.3, 0.4) is 0 Å². The van der Waals surface area contributed by atoms with Crippen LogP contribution in [-0.2, 0) is 32.6 Å². The summed E-state index contributed by atoms with van der Waals surface area (Å²) in [6.07, 6.45) is 7.27. The zero-order valence-corrected chi connectivity index (χ0v) is 28.4. The second-order valence-electron chi connectivity index (χ2n) is 11.9. The topological polar surface area (TPSA) is 86.8 Å². The molecule has 4 rings (SSSR count). The van der Waals surface area contributed by atoms with Crippen LogP contribution in [0.4, 0.5) is 5.69 Å². The van der Waals surface area contributed by atoms with Crippen LogP contribution in [0, 0.1) is 13.8 Å². The first-order valence-electron chi connectivity index (χ1n) is 15.4. The molecule has 0 bridgehead atoms. The molecule has 1 N–H and O–H groups in total. The number of carbonyl (C=O) groups is 2. The highest BCUT2D eigenvalue weighted by molar-refractivity contribution is 9.10. The quantitative estimate of drug-likeness (QED) is 0.218. The summed E-state index contributed by atoms with van der Waals surface area (Å²) in [5, 5.41) is 3.27. The van der Waals surface area contributed by atoms with Crippen LogP contribution in [0.2, 0.25) is 0 Å². The number of aryl methyl sites for hydroxylation is 1. The molecule has 7 nitrogen and oxygen atoms in total. The van der Waals surface area contributed by atoms with Gasteiger partial charge in [-0.2, -0.15) is 0 Å². The van der Waals surface area contributed by atoms with Gasteiger partial charge in [-0.15, -0.1) is 0 Å². The zero-order valence-electron chi connectivity index (χ0n) is 26.0. The number of hydrogen-bond donors (Lipinski definition) is 1. The lowest BCUT2D eigenvalue weighted by molar-refractivity contribution is -0.141. The number of anilines is 1. The molecule has 2 amide bonds. The second kappa shape index (κ2) is 15.7. The van der Waals surface area contributed by atoms with Gasteiger partial charge in [-0.05, 0) is 73.6 Å². The molecule has 0 aliphatic heterocycles. The lowest BCUT2D eigenvalue weighted by Gasteiger charge is -2.34. The highest BCUT2D eigenvalue weighted by Gasteiger charge is 2.32. The normalized spacial score (nSPS) is 14.5. The van der Waals surface area contributed by atoms with Gasteiger partial charge in [0, 0.05) is 36.4 Å². The largest absolute Gasteiger partial charge is 0.352 e. The van der Waals surface area contributed by atoms with Gasteiger partial charge in [0.05, 0.1) is 11.9 Å². The van der Waals surface area contributed by atoms with E-state index >= 15 is 0 Å². The fourth-order valence-electron chi connectivity index (χ4n) is 5.87. The van der Waals surface area contributed by atoms with Crippen molar-refractivity contribution < 1.29 is 18.0 Å². The van der Waals surface area contributed by atoms with Crippen LogP contribution in [-0.4, -0.2) is 50.0 Å². The van der Waals surface area contributed by atoms with Crippen molar-refractivity contribution in [2.24, 2.45) is 0 Å². The van der Waals surface area contributed by atoms with E-state index in [1.807, 2.05) is 80.6 Å². The Kier molecular flexibility index (Phi) is 12.0. The highest BCUT2D eigenvalue weighted by Crippen LogP contribution is 2.26. The molecular formula is C35H44BrN3O4S. The van der Waals surface area contributed by atoms with Gasteiger partial charge in [0.15, 0.2) is 0 Å². The highest BCUT2D eigenvalue weighted by atomic mass is 79.9. The third-order valence-corrected chi connectivity index (χ3v) is 10.2. The van der Waals surface area contributed by atoms with Crippen LogP contribution < -0.4 is 9.62 Å². The number of sulfonamides is 1. The summed E-state index contributed by atoms with van der Waals surface area (Å²) in [6, 6.07) is 22.6. The molecule has 9 heteroatoms. The van der Waals surface area contributed by atoms with Crippen molar-refractivity contribution in [3.8, 4) is 0 Å². The molecule has 0 aromatic heterocycles. The van der Waals surface area contributed by atoms with E-state index in [-0.39, 0.29) is 37.4 Å². The Morgan fingerprint density at radius 3 is 2.25 bits per heavy atom. The Hall–Kier alpha value is -3.17. The molecule has 0 unspecified atom stereocenters. The number of nitrogens with one attached hydrogen (secondary N) is 1. The van der Waals surface area contributed by atoms with Crippen molar-refractivity contribution in [3.05, 3.63) is 99.5 Å². The standard InChI is InChI=1S/C35H44BrN3O4S/c1-26-12-10-17-32(27(26)2)39(44(3,42)43)23-11-18-34(40)38(25-29-19-21-30(36)22-20-29)33(24-28-13-6-4-7-14-28)35(41)37-31-15-8-5-9-16-31/h4,6-7,10,12-14,17,19-22,31,33H,5,8-9,11,15-16,18,23-25H2,1-3H3,(H,37,41)/t33-/m1/s1. The van der Waals surface area contributed by atoms with Gasteiger partial charge >= 0.3 is 0 Å². The Balaban J connectivity index is 1.60. The molecular weight excluding hydrogens is 638 g/mol. The lowest BCUT2D eigenvalue weighted by Crippen LogP contribution is -2.52. The summed E-state index contributed by atoms with van der Waals surface area (Å²) in [4.78, 5) is 29.8. The first kappa shape index (κ1) is 33.7. The Bertz CT molecular complexity index is 1510. The number of halogens is 1. The molecule has 3 aromatic rings. The van der Waals surface area contributed by atoms with Crippen molar-refractivity contribution in [2.45, 2.75) is 83.8 Å². The van der Waals surface area contributed by atoms with Gasteiger partial charge in [-0.25, -0.2) is 8.42 Å². The van der Waals surface area contributed by atoms with Crippen LogP contribution >= 0.6 is 15.9 Å². The van der Waals surface area contributed by atoms with Crippen molar-refractivity contribution in [1.29, 1.82) is 0 Å². The van der Waals surface area contributed by atoms with Crippen LogP contribution in [0.15, 0.2) is 77.3 Å². The van der Waals surface area contributed by atoms with Crippen LogP contribution in [0.1, 0.15) is 67.2 Å². The van der Waals surface area contributed by atoms with Gasteiger partial charge in [-0.1, -0.05) is 89.8 Å². The minimum Gasteiger partial charge on any atom is -0.352 e. The Morgan fingerprint density at radius 1 is 0.909 bits per heavy atom. The van der Waals surface area contributed by atoms with E-state index in [0.29, 0.717) is 18.5 Å². The fourth-order valence-corrected chi connectivity index (χ4v) is 7.15. The first-order valence-corrected chi connectivity index (χ1v) is 18.1. The predicted octanol–water partition coefficient (Wildman–Crippen LogP) is 6.70. The van der Waals surface area contributed by atoms with Crippen molar-refractivity contribution in [2.75, 3.05) is 17.1 Å². The fraction of sp³-hybridized carbons (Fsp3) is 0.429. The smallest absolute Gasteiger partial charge is 0.243 e. The molecule has 1 aliphatic rings. The summed E-state index contributed by atoms with van der Waals surface area (Å²) in [7, 11) is -3.58. The number of hydrogen-bond acceptors (Lipinski definition) is 4. The van der Waals surface area contributed by atoms with Crippen LogP contribution in [0.25, 0.3) is 0 Å². The summed E-state index contributed by atoms with van der Waals surface area (Å²) in [6.45, 7) is 4.30. The maximum atomic E-state index is 14.1. The molecule has 236 valence electrons. The molecule has 1 aliphatic carbocycles. The minimum absolute atomic E-state index is 0.107. The van der Waals surface area contributed by atoms with Gasteiger partial charge in [-0.3, -0.25) is 13.9 Å². The lowest BCUT2D eigenvalue weighted by atomic mass is 9.94. The number of nitrogens with zero attached hydrogens (tertiary/aromatic N) is 2. The summed E-state index contributed by atoms with van der Waals surface area (Å²) >= 11 is 3.49. The van der Waals surface area contributed by atoms with E-state index in [4.69, 9.17) is 0 Å². The zero-order chi connectivity index (χ0) is 31.7. The number of rotatable bonds is 13. The van der Waals surface area contributed by atoms with Crippen LogP contribution in [0.5, 0.6) is 0 Å². The average Bonchev–Trinajstić information content (AvgIpc) is 3.00. The number of benzene rings is 3. The number of carbonyl (C=O) groups excluding carboxylic acids is 2. The van der Waals surface area contributed by atoms with E-state index in [2.05, 4.69) is 21.2 Å². The molecule has 1 atom stereocenters. The molecule has 0 heterocycles. The van der Waals surface area contributed by atoms with Gasteiger partial charge in [0.2, 0.25) is 21.8 Å². The molecule has 0 spiro atoms. The van der Waals surface area contributed by atoms with Crippen molar-refractivity contribution >= 4 is 43.5 Å². The third kappa shape index (κ3) is 9.41. The van der Waals surface area contributed by atoms with Crippen molar-refractivity contribution in [3.63, 3.8) is 0 Å². The Labute approximate surface area is 271 Å². The molecule has 1 fully saturated rings. The average molecular weight is 683 g/mol. The van der Waals surface area contributed by atoms with E-state index in [1.165, 1.54) is 17.0 Å². The first-order chi connectivity index (χ1) is 21.0. The molecule has 44 heavy (non-hydrogen) atoms. The summed E-state index contributed by atoms with van der Waals surface area (Å²) < 4.78 is 28.0.